The molecular weight excluding hydrogens is 520 g/mol. The molecule has 0 spiro atoms. The molecule has 0 aliphatic carbocycles. The highest BCUT2D eigenvalue weighted by Gasteiger charge is 2.54. The normalized spacial score (nSPS) is 20.2. The summed E-state index contributed by atoms with van der Waals surface area (Å²) in [6.07, 6.45) is -2.10. The molecule has 2 aliphatic heterocycles. The number of rotatable bonds is 9. The van der Waals surface area contributed by atoms with Crippen LogP contribution < -0.4 is 16.0 Å². The van der Waals surface area contributed by atoms with Crippen LogP contribution >= 0.6 is 11.8 Å². The molecule has 2 heterocycles. The first kappa shape index (κ1) is 28.5. The van der Waals surface area contributed by atoms with E-state index >= 15 is 0 Å². The van der Waals surface area contributed by atoms with Crippen LogP contribution in [0, 0.1) is 0 Å². The van der Waals surface area contributed by atoms with Crippen molar-refractivity contribution in [2.24, 2.45) is 0 Å². The van der Waals surface area contributed by atoms with Gasteiger partial charge in [-0.1, -0.05) is 30.3 Å². The van der Waals surface area contributed by atoms with Gasteiger partial charge in [0.25, 0.3) is 5.91 Å². The van der Waals surface area contributed by atoms with Gasteiger partial charge in [0.15, 0.2) is 0 Å². The van der Waals surface area contributed by atoms with Gasteiger partial charge in [-0.25, -0.2) is 9.59 Å². The van der Waals surface area contributed by atoms with Gasteiger partial charge < -0.3 is 30.5 Å². The molecule has 204 valence electrons. The molecular formula is C24H28N4O9S. The third kappa shape index (κ3) is 6.43. The number of ether oxygens (including phenoxy) is 2. The highest BCUT2D eigenvalue weighted by Crippen LogP contribution is 2.41. The quantitative estimate of drug-likeness (QED) is 0.148. The number of carboxylic acids is 1. The lowest BCUT2D eigenvalue weighted by molar-refractivity contribution is -0.151. The van der Waals surface area contributed by atoms with Crippen LogP contribution in [0.25, 0.3) is 0 Å². The molecule has 0 bridgehead atoms. The van der Waals surface area contributed by atoms with Crippen LogP contribution in [0.1, 0.15) is 39.3 Å². The van der Waals surface area contributed by atoms with E-state index in [-0.39, 0.29) is 11.3 Å². The molecule has 4 amide bonds. The van der Waals surface area contributed by atoms with E-state index in [0.717, 1.165) is 23.6 Å². The molecule has 2 aliphatic rings. The Labute approximate surface area is 222 Å². The van der Waals surface area contributed by atoms with Gasteiger partial charge in [0.1, 0.15) is 28.8 Å². The number of hydrogen-bond donors (Lipinski definition) is 4. The van der Waals surface area contributed by atoms with Gasteiger partial charge in [-0.05, 0) is 26.3 Å². The molecule has 0 aromatic heterocycles. The fourth-order valence-electron chi connectivity index (χ4n) is 3.88. The second kappa shape index (κ2) is 11.5. The Bertz CT molecular complexity index is 1170. The fourth-order valence-corrected chi connectivity index (χ4v) is 5.26. The van der Waals surface area contributed by atoms with Gasteiger partial charge in [0.2, 0.25) is 18.5 Å². The Kier molecular flexibility index (Phi) is 8.66. The molecule has 1 fully saturated rings. The van der Waals surface area contributed by atoms with Crippen LogP contribution in [0.15, 0.2) is 41.6 Å². The number of benzene rings is 1. The molecule has 0 saturated carbocycles. The summed E-state index contributed by atoms with van der Waals surface area (Å²) < 4.78 is 10.5. The summed E-state index contributed by atoms with van der Waals surface area (Å²) in [6.45, 7) is 6.04. The van der Waals surface area contributed by atoms with Crippen LogP contribution in [0.4, 0.5) is 4.79 Å². The van der Waals surface area contributed by atoms with Crippen LogP contribution in [-0.2, 0) is 33.4 Å². The van der Waals surface area contributed by atoms with Crippen LogP contribution in [0.2, 0.25) is 0 Å². The molecule has 3 rings (SSSR count). The standard InChI is InChI=1S/C24H28N4O9S/c1-12(30)36-19(14-10-38-21-16(25-11-29)20(32)28(21)17(14)22(33)34)27-18(31)15(13-8-6-5-7-9-13)26-23(35)37-24(2,3)4/h5-9,11,15-16,19,21H,10H2,1-4H3,(H,25,29)(H,26,35)(H,27,31)(H,33,34)/t15?,16-,19?,21+/m0/s1. The summed E-state index contributed by atoms with van der Waals surface area (Å²) in [5.41, 5.74) is -0.988. The topological polar surface area (TPSA) is 180 Å². The van der Waals surface area contributed by atoms with Crippen molar-refractivity contribution in [1.29, 1.82) is 0 Å². The number of aliphatic carboxylic acids is 1. The zero-order valence-electron chi connectivity index (χ0n) is 21.0. The first-order chi connectivity index (χ1) is 17.8. The lowest BCUT2D eigenvalue weighted by atomic mass is 10.0. The van der Waals surface area contributed by atoms with E-state index < -0.39 is 64.8 Å². The SMILES string of the molecule is CC(=O)OC(NC(=O)C(NC(=O)OC(C)(C)C)c1ccccc1)C1=C(C(=O)O)N2C(=O)[C@H](NC=O)[C@H]2SC1. The van der Waals surface area contributed by atoms with Crippen molar-refractivity contribution in [3.63, 3.8) is 0 Å². The smallest absolute Gasteiger partial charge is 0.408 e. The first-order valence-electron chi connectivity index (χ1n) is 11.5. The number of fused-ring (bicyclic) bond motifs is 1. The molecule has 1 aromatic carbocycles. The van der Waals surface area contributed by atoms with Gasteiger partial charge in [-0.15, -0.1) is 11.8 Å². The Morgan fingerprint density at radius 3 is 2.37 bits per heavy atom. The van der Waals surface area contributed by atoms with E-state index in [4.69, 9.17) is 9.47 Å². The molecule has 1 saturated heterocycles. The molecule has 2 unspecified atom stereocenters. The monoisotopic (exact) mass is 548 g/mol. The van der Waals surface area contributed by atoms with Gasteiger partial charge >= 0.3 is 18.0 Å². The van der Waals surface area contributed by atoms with Gasteiger partial charge in [-0.3, -0.25) is 24.1 Å². The van der Waals surface area contributed by atoms with E-state index in [0.29, 0.717) is 12.0 Å². The predicted molar refractivity (Wildman–Crippen MR) is 133 cm³/mol. The Morgan fingerprint density at radius 1 is 1.16 bits per heavy atom. The van der Waals surface area contributed by atoms with Crippen molar-refractivity contribution >= 4 is 48.0 Å². The molecule has 13 nitrogen and oxygen atoms in total. The van der Waals surface area contributed by atoms with Crippen LogP contribution in [0.3, 0.4) is 0 Å². The van der Waals surface area contributed by atoms with Crippen molar-refractivity contribution in [2.45, 2.75) is 57.0 Å². The van der Waals surface area contributed by atoms with E-state index in [9.17, 15) is 33.9 Å². The Morgan fingerprint density at radius 2 is 1.82 bits per heavy atom. The van der Waals surface area contributed by atoms with Crippen LogP contribution in [0.5, 0.6) is 0 Å². The van der Waals surface area contributed by atoms with Crippen molar-refractivity contribution in [2.75, 3.05) is 5.75 Å². The summed E-state index contributed by atoms with van der Waals surface area (Å²) >= 11 is 1.13. The summed E-state index contributed by atoms with van der Waals surface area (Å²) in [5.74, 6) is -3.84. The van der Waals surface area contributed by atoms with E-state index in [1.165, 1.54) is 0 Å². The number of nitrogens with one attached hydrogen (secondary N) is 3. The first-order valence-corrected chi connectivity index (χ1v) is 12.5. The minimum Gasteiger partial charge on any atom is -0.477 e. The second-order valence-electron chi connectivity index (χ2n) is 9.34. The number of carbonyl (C=O) groups excluding carboxylic acids is 5. The maximum absolute atomic E-state index is 13.4. The summed E-state index contributed by atoms with van der Waals surface area (Å²) in [6, 6.07) is 5.99. The number of hydrogen-bond acceptors (Lipinski definition) is 9. The fraction of sp³-hybridized carbons (Fsp3) is 0.417. The maximum atomic E-state index is 13.4. The number of nitrogens with zero attached hydrogens (tertiary/aromatic N) is 1. The number of β-lactam (4-membered cyclic amide) rings is 1. The predicted octanol–water partition coefficient (Wildman–Crippen LogP) is 0.626. The number of carbonyl (C=O) groups is 6. The maximum Gasteiger partial charge on any atom is 0.408 e. The van der Waals surface area contributed by atoms with Crippen LogP contribution in [-0.4, -0.2) is 75.3 Å². The number of amides is 4. The largest absolute Gasteiger partial charge is 0.477 e. The molecule has 0 radical (unpaired) electrons. The molecule has 14 heteroatoms. The third-order valence-electron chi connectivity index (χ3n) is 5.38. The molecule has 1 aromatic rings. The van der Waals surface area contributed by atoms with Crippen molar-refractivity contribution in [1.82, 2.24) is 20.9 Å². The van der Waals surface area contributed by atoms with Crippen molar-refractivity contribution < 1.29 is 43.3 Å². The average molecular weight is 549 g/mol. The Hall–Kier alpha value is -4.07. The molecule has 4 atom stereocenters. The highest BCUT2D eigenvalue weighted by atomic mass is 32.2. The van der Waals surface area contributed by atoms with E-state index in [1.807, 2.05) is 0 Å². The average Bonchev–Trinajstić information content (AvgIpc) is 2.83. The second-order valence-corrected chi connectivity index (χ2v) is 10.4. The third-order valence-corrected chi connectivity index (χ3v) is 6.68. The van der Waals surface area contributed by atoms with Gasteiger partial charge in [-0.2, -0.15) is 0 Å². The zero-order valence-corrected chi connectivity index (χ0v) is 21.9. The molecule has 38 heavy (non-hydrogen) atoms. The minimum absolute atomic E-state index is 0.0408. The number of esters is 1. The van der Waals surface area contributed by atoms with Crippen molar-refractivity contribution in [3.05, 3.63) is 47.2 Å². The van der Waals surface area contributed by atoms with Gasteiger partial charge in [0, 0.05) is 18.2 Å². The summed E-state index contributed by atoms with van der Waals surface area (Å²) in [7, 11) is 0. The van der Waals surface area contributed by atoms with E-state index in [2.05, 4.69) is 16.0 Å². The van der Waals surface area contributed by atoms with Gasteiger partial charge in [0.05, 0.1) is 0 Å². The highest BCUT2D eigenvalue weighted by molar-refractivity contribution is 8.00. The minimum atomic E-state index is -1.57. The number of thioether (sulfide) groups is 1. The Balaban J connectivity index is 1.94. The summed E-state index contributed by atoms with van der Waals surface area (Å²) in [4.78, 5) is 74.4. The number of alkyl carbamates (subject to hydrolysis) is 1. The number of carboxylic acid groups (broad SMARTS) is 1. The lowest BCUT2D eigenvalue weighted by Gasteiger charge is -2.49. The van der Waals surface area contributed by atoms with E-state index in [1.54, 1.807) is 51.1 Å². The van der Waals surface area contributed by atoms with Crippen molar-refractivity contribution in [3.8, 4) is 0 Å². The summed E-state index contributed by atoms with van der Waals surface area (Å²) in [5, 5.41) is 16.6. The zero-order chi connectivity index (χ0) is 28.2. The molecule has 4 N–H and O–H groups in total. The lowest BCUT2D eigenvalue weighted by Crippen LogP contribution is -2.70.